The predicted octanol–water partition coefficient (Wildman–Crippen LogP) is 16.9. The third-order valence-corrected chi connectivity index (χ3v) is 36.8. The third-order valence-electron chi connectivity index (χ3n) is 22.8. The minimum atomic E-state index is -2.93. The maximum atomic E-state index is 15.9. The average molecular weight is 1460 g/mol. The Balaban J connectivity index is 1.22. The molecule has 3 aromatic carbocycles. The molecule has 5 heterocycles. The molecule has 0 aromatic heterocycles. The zero-order valence-corrected chi connectivity index (χ0v) is 68.4. The summed E-state index contributed by atoms with van der Waals surface area (Å²) in [7, 11) is -6.46. The first kappa shape index (κ1) is 82.5. The molecule has 16 atom stereocenters. The molecule has 6 bridgehead atoms. The second kappa shape index (κ2) is 34.1. The van der Waals surface area contributed by atoms with E-state index in [9.17, 15) is 9.59 Å². The van der Waals surface area contributed by atoms with Crippen molar-refractivity contribution in [1.82, 2.24) is 0 Å². The van der Waals surface area contributed by atoms with Crippen LogP contribution in [0.15, 0.2) is 158 Å². The number of allylic oxidation sites excluding steroid dienone is 1. The molecule has 0 unspecified atom stereocenters. The molecule has 0 N–H and O–H groups in total. The number of ether oxygens (including phenoxy) is 9. The zero-order chi connectivity index (χ0) is 75.1. The number of hydrogen-bond acceptors (Lipinski definition) is 15. The van der Waals surface area contributed by atoms with Crippen molar-refractivity contribution in [1.29, 1.82) is 0 Å². The molecule has 3 fully saturated rings. The summed E-state index contributed by atoms with van der Waals surface area (Å²) in [5.74, 6) is -2.50. The lowest BCUT2D eigenvalue weighted by molar-refractivity contribution is -0.191. The highest BCUT2D eigenvalue weighted by Crippen LogP contribution is 2.46. The molecule has 562 valence electrons. The van der Waals surface area contributed by atoms with Gasteiger partial charge in [0.05, 0.1) is 50.3 Å². The van der Waals surface area contributed by atoms with Crippen LogP contribution in [0.25, 0.3) is 0 Å². The number of Topliss-reactive ketones (excluding diaryl/α,β-unsaturated/α-hetero) is 1. The van der Waals surface area contributed by atoms with Crippen molar-refractivity contribution >= 4 is 53.0 Å². The summed E-state index contributed by atoms with van der Waals surface area (Å²) in [6.45, 7) is 59.1. The lowest BCUT2D eigenvalue weighted by Crippen LogP contribution is -2.66. The highest BCUT2D eigenvalue weighted by molar-refractivity contribution is 6.99. The molecule has 3 saturated heterocycles. The van der Waals surface area contributed by atoms with Crippen LogP contribution in [0.2, 0.25) is 41.3 Å². The lowest BCUT2D eigenvalue weighted by Gasteiger charge is -2.46. The lowest BCUT2D eigenvalue weighted by atomic mass is 9.84. The number of esters is 2. The van der Waals surface area contributed by atoms with E-state index in [4.69, 9.17) is 69.1 Å². The van der Waals surface area contributed by atoms with Crippen LogP contribution in [0, 0.1) is 17.8 Å². The quantitative estimate of drug-likeness (QED) is 0.0511. The van der Waals surface area contributed by atoms with Gasteiger partial charge in [0, 0.05) is 26.4 Å². The SMILES string of the molecule is C=C1CC[C@H](O[Si](C)(C)C(C)(C)C)[C@@H]2CC=C[C@@H](O2)[C@@H]2CC[C@H](O2)C(=C)[C@H]2OC(C)(C)O[C@@H]2C/C=C\[C@@H]([C@H](OCc2ccc(OC)cc2)[C@H](C)[C@@H](C)CCO[Si](c2ccccc2)(c2ccccc2)C(C)(C)C)OC(=O)[C@@H]2O[C@@H]([C@@H](OC(C)=O)CC2=C)[C@H](O[Si](C)(C)C(C)(C)C)C(=C)[C@H](C)CC1=O. The van der Waals surface area contributed by atoms with Gasteiger partial charge in [0.1, 0.15) is 42.4 Å². The van der Waals surface area contributed by atoms with Crippen molar-refractivity contribution in [2.75, 3.05) is 13.7 Å². The normalized spacial score (nSPS) is 29.1. The number of benzene rings is 3. The zero-order valence-electron chi connectivity index (χ0n) is 65.4. The van der Waals surface area contributed by atoms with Gasteiger partial charge in [0.2, 0.25) is 0 Å². The maximum Gasteiger partial charge on any atom is 0.340 e. The van der Waals surface area contributed by atoms with E-state index in [2.05, 4.69) is 188 Å². The molecule has 0 spiro atoms. The summed E-state index contributed by atoms with van der Waals surface area (Å²) in [6.07, 6.45) is 3.32. The number of cyclic esters (lactones) is 1. The van der Waals surface area contributed by atoms with Gasteiger partial charge in [-0.25, -0.2) is 4.79 Å². The number of rotatable bonds is 18. The first-order valence-electron chi connectivity index (χ1n) is 37.3. The van der Waals surface area contributed by atoms with E-state index in [0.29, 0.717) is 67.6 Å². The number of ketones is 1. The van der Waals surface area contributed by atoms with E-state index >= 15 is 4.79 Å². The first-order valence-corrected chi connectivity index (χ1v) is 45.0. The van der Waals surface area contributed by atoms with Crippen LogP contribution >= 0.6 is 0 Å². The van der Waals surface area contributed by atoms with Crippen molar-refractivity contribution in [3.63, 3.8) is 0 Å². The smallest absolute Gasteiger partial charge is 0.340 e. The third kappa shape index (κ3) is 20.1. The molecule has 3 aromatic rings. The fourth-order valence-corrected chi connectivity index (χ4v) is 21.6. The van der Waals surface area contributed by atoms with Gasteiger partial charge in [-0.2, -0.15) is 0 Å². The Morgan fingerprint density at radius 1 is 0.686 bits per heavy atom. The predicted molar refractivity (Wildman–Crippen MR) is 413 cm³/mol. The molecule has 5 aliphatic heterocycles. The van der Waals surface area contributed by atoms with Crippen LogP contribution in [-0.2, 0) is 72.2 Å². The summed E-state index contributed by atoms with van der Waals surface area (Å²) in [4.78, 5) is 44.0. The summed E-state index contributed by atoms with van der Waals surface area (Å²) in [5.41, 5.74) is 3.03. The second-order valence-electron chi connectivity index (χ2n) is 34.0. The van der Waals surface area contributed by atoms with Gasteiger partial charge in [0.25, 0.3) is 8.32 Å². The van der Waals surface area contributed by atoms with Gasteiger partial charge in [-0.1, -0.05) is 200 Å². The molecular formula is C84H124O15Si3. The van der Waals surface area contributed by atoms with Gasteiger partial charge in [-0.15, -0.1) is 0 Å². The monoisotopic (exact) mass is 1460 g/mol. The van der Waals surface area contributed by atoms with E-state index in [1.165, 1.54) is 17.3 Å². The van der Waals surface area contributed by atoms with Gasteiger partial charge in [0.15, 0.2) is 34.3 Å². The standard InChI is InChI=1S/C84H124O15Si3/c1-54(49-50-90-102(83(15,16)17,64-33-27-25-28-34-64)65-35-29-26-30-36-65)58(5)76(89-53-62-42-44-63(88-20)45-43-62)72-39-32-40-73-77(97-84(18,19)96-73)60(7)67-47-48-70(92-67)68-37-31-38-69(93-68)71(98-100(21,22)81(9,10)11)46-41-55(2)66(86)51-56(3)59(6)78(99-101(23,24)82(12,13)14)79-74(91-61(8)85)52-57(4)75(95-79)80(87)94-72/h25-37,39,42-45,54,56,58,67-79H,2,4,6-7,38,40-41,46-53H2,1,3,5,8-24H3/b39-32-/t54-,56+,58+,67-,68+,69-,70-,71-,72-,73+,74-,75+,76+,77+,78+,79-/m0/s1. The van der Waals surface area contributed by atoms with Crippen molar-refractivity contribution in [2.45, 2.75) is 295 Å². The summed E-state index contributed by atoms with van der Waals surface area (Å²) < 4.78 is 83.0. The minimum Gasteiger partial charge on any atom is -0.497 e. The van der Waals surface area contributed by atoms with Gasteiger partial charge >= 0.3 is 11.9 Å². The highest BCUT2D eigenvalue weighted by Gasteiger charge is 2.53. The molecule has 18 heteroatoms. The molecule has 0 aliphatic carbocycles. The van der Waals surface area contributed by atoms with E-state index in [0.717, 1.165) is 17.6 Å². The van der Waals surface area contributed by atoms with Crippen LogP contribution in [0.5, 0.6) is 5.75 Å². The van der Waals surface area contributed by atoms with Crippen molar-refractivity contribution in [3.8, 4) is 5.75 Å². The van der Waals surface area contributed by atoms with Crippen LogP contribution < -0.4 is 15.1 Å². The molecular weight excluding hydrogens is 1330 g/mol. The fourth-order valence-electron chi connectivity index (χ4n) is 14.4. The number of hydrogen-bond donors (Lipinski definition) is 0. The van der Waals surface area contributed by atoms with Crippen molar-refractivity contribution in [3.05, 3.63) is 163 Å². The Morgan fingerprint density at radius 3 is 1.87 bits per heavy atom. The van der Waals surface area contributed by atoms with Gasteiger partial charge < -0.3 is 55.9 Å². The van der Waals surface area contributed by atoms with Crippen LogP contribution in [0.3, 0.4) is 0 Å². The summed E-state index contributed by atoms with van der Waals surface area (Å²) in [5, 5.41) is 1.71. The number of carbonyl (C=O) groups excluding carboxylic acids is 3. The number of fused-ring (bicyclic) bond motifs is 8. The maximum absolute atomic E-state index is 15.9. The van der Waals surface area contributed by atoms with Gasteiger partial charge in [-0.3, -0.25) is 9.59 Å². The average Bonchev–Trinajstić information content (AvgIpc) is 1.02. The molecule has 8 rings (SSSR count). The van der Waals surface area contributed by atoms with Crippen molar-refractivity contribution in [2.24, 2.45) is 17.8 Å². The van der Waals surface area contributed by atoms with Crippen LogP contribution in [-0.4, -0.2) is 142 Å². The Labute approximate surface area is 615 Å². The Bertz CT molecular complexity index is 3370. The summed E-state index contributed by atoms with van der Waals surface area (Å²) >= 11 is 0. The Morgan fingerprint density at radius 2 is 1.28 bits per heavy atom. The fraction of sp³-hybridized carbons (Fsp3) is 0.607. The van der Waals surface area contributed by atoms with E-state index in [1.807, 2.05) is 57.2 Å². The Hall–Kier alpha value is -5.20. The largest absolute Gasteiger partial charge is 0.497 e. The number of methoxy groups -OCH3 is 1. The molecule has 5 aliphatic rings. The molecule has 0 amide bonds. The number of carbonyl (C=O) groups is 3. The van der Waals surface area contributed by atoms with E-state index < -0.39 is 97.4 Å². The highest BCUT2D eigenvalue weighted by atomic mass is 28.4. The molecule has 102 heavy (non-hydrogen) atoms. The van der Waals surface area contributed by atoms with Crippen LogP contribution in [0.4, 0.5) is 0 Å². The Kier molecular flexibility index (Phi) is 27.6. The van der Waals surface area contributed by atoms with E-state index in [1.54, 1.807) is 7.11 Å². The van der Waals surface area contributed by atoms with E-state index in [-0.39, 0.29) is 82.7 Å². The molecule has 15 nitrogen and oxygen atoms in total. The topological polar surface area (TPSA) is 162 Å². The molecule has 0 saturated carbocycles. The first-order chi connectivity index (χ1) is 47.7. The second-order valence-corrected chi connectivity index (χ2v) is 47.8. The minimum absolute atomic E-state index is 0.0420. The molecule has 0 radical (unpaired) electrons. The van der Waals surface area contributed by atoms with Gasteiger partial charge in [-0.05, 0) is 174 Å². The van der Waals surface area contributed by atoms with Crippen molar-refractivity contribution < 1.29 is 70.3 Å². The van der Waals surface area contributed by atoms with Crippen LogP contribution in [0.1, 0.15) is 167 Å². The summed E-state index contributed by atoms with van der Waals surface area (Å²) in [6, 6.07) is 29.0.